The fourth-order valence-electron chi connectivity index (χ4n) is 3.50. The zero-order valence-corrected chi connectivity index (χ0v) is 21.2. The van der Waals surface area contributed by atoms with Gasteiger partial charge in [0.1, 0.15) is 5.75 Å². The van der Waals surface area contributed by atoms with Gasteiger partial charge in [0.15, 0.2) is 23.9 Å². The van der Waals surface area contributed by atoms with Crippen LogP contribution in [0.3, 0.4) is 0 Å². The number of hydrogen-bond donors (Lipinski definition) is 1. The number of carbonyl (C=O) groups is 1. The van der Waals surface area contributed by atoms with E-state index in [1.165, 1.54) is 4.68 Å². The molecule has 0 radical (unpaired) electrons. The van der Waals surface area contributed by atoms with Crippen molar-refractivity contribution in [3.63, 3.8) is 0 Å². The molecule has 0 unspecified atom stereocenters. The highest BCUT2D eigenvalue weighted by Gasteiger charge is 2.13. The van der Waals surface area contributed by atoms with Gasteiger partial charge in [0.25, 0.3) is 5.91 Å². The lowest BCUT2D eigenvalue weighted by Gasteiger charge is -2.12. The van der Waals surface area contributed by atoms with Crippen molar-refractivity contribution < 1.29 is 19.0 Å². The van der Waals surface area contributed by atoms with Crippen LogP contribution in [0.5, 0.6) is 17.2 Å². The molecule has 1 amide bonds. The topological polar surface area (TPSA) is 92.4 Å². The molecule has 0 spiro atoms. The van der Waals surface area contributed by atoms with Crippen LogP contribution in [0.1, 0.15) is 35.5 Å². The summed E-state index contributed by atoms with van der Waals surface area (Å²) in [5, 5.41) is 12.0. The van der Waals surface area contributed by atoms with Crippen LogP contribution in [0.15, 0.2) is 61.1 Å². The van der Waals surface area contributed by atoms with Gasteiger partial charge in [-0.2, -0.15) is 10.2 Å². The maximum Gasteiger partial charge on any atom is 0.276 e. The molecule has 36 heavy (non-hydrogen) atoms. The fraction of sp³-hybridized carbons (Fsp3) is 0.269. The van der Waals surface area contributed by atoms with Crippen LogP contribution >= 0.6 is 11.6 Å². The molecule has 4 aromatic rings. The predicted octanol–water partition coefficient (Wildman–Crippen LogP) is 5.18. The Labute approximate surface area is 214 Å². The number of amides is 1. The Bertz CT molecular complexity index is 1330. The van der Waals surface area contributed by atoms with E-state index in [9.17, 15) is 4.79 Å². The number of anilines is 1. The van der Waals surface area contributed by atoms with E-state index in [0.29, 0.717) is 47.7 Å². The molecule has 0 saturated carbocycles. The van der Waals surface area contributed by atoms with Gasteiger partial charge in [0.05, 0.1) is 36.7 Å². The largest absolute Gasteiger partial charge is 0.490 e. The van der Waals surface area contributed by atoms with Crippen LogP contribution < -0.4 is 19.5 Å². The monoisotopic (exact) mass is 509 g/mol. The second-order valence-corrected chi connectivity index (χ2v) is 8.38. The summed E-state index contributed by atoms with van der Waals surface area (Å²) in [6.07, 6.45) is 5.02. The van der Waals surface area contributed by atoms with Gasteiger partial charge >= 0.3 is 0 Å². The van der Waals surface area contributed by atoms with E-state index >= 15 is 0 Å². The number of carbonyl (C=O) groups excluding carboxylic acids is 1. The van der Waals surface area contributed by atoms with Crippen molar-refractivity contribution in [2.24, 2.45) is 0 Å². The summed E-state index contributed by atoms with van der Waals surface area (Å²) < 4.78 is 20.3. The van der Waals surface area contributed by atoms with Crippen LogP contribution in [0.25, 0.3) is 0 Å². The number of ether oxygens (including phenoxy) is 3. The van der Waals surface area contributed by atoms with Crippen LogP contribution in [0.2, 0.25) is 5.02 Å². The van der Waals surface area contributed by atoms with E-state index in [1.807, 2.05) is 51.1 Å². The summed E-state index contributed by atoms with van der Waals surface area (Å²) in [5.74, 6) is 1.62. The second-order valence-electron chi connectivity index (χ2n) is 7.98. The minimum absolute atomic E-state index is 0.125. The lowest BCUT2D eigenvalue weighted by molar-refractivity contribution is 0.102. The Morgan fingerprint density at radius 2 is 1.78 bits per heavy atom. The van der Waals surface area contributed by atoms with Crippen LogP contribution in [-0.4, -0.2) is 38.7 Å². The fourth-order valence-corrected chi connectivity index (χ4v) is 3.67. The predicted molar refractivity (Wildman–Crippen MR) is 137 cm³/mol. The lowest BCUT2D eigenvalue weighted by Crippen LogP contribution is -2.14. The first-order chi connectivity index (χ1) is 17.4. The Hall–Kier alpha value is -3.98. The number of rotatable bonds is 11. The molecule has 0 fully saturated rings. The van der Waals surface area contributed by atoms with E-state index in [0.717, 1.165) is 11.1 Å². The van der Waals surface area contributed by atoms with Crippen LogP contribution in [0, 0.1) is 6.92 Å². The number of halogens is 1. The van der Waals surface area contributed by atoms with Gasteiger partial charge in [-0.05, 0) is 62.2 Å². The van der Waals surface area contributed by atoms with E-state index in [2.05, 4.69) is 15.5 Å². The van der Waals surface area contributed by atoms with E-state index < -0.39 is 0 Å². The lowest BCUT2D eigenvalue weighted by atomic mass is 10.2. The van der Waals surface area contributed by atoms with Gasteiger partial charge in [-0.3, -0.25) is 9.48 Å². The first-order valence-electron chi connectivity index (χ1n) is 11.6. The average molecular weight is 510 g/mol. The normalized spacial score (nSPS) is 10.8. The first-order valence-corrected chi connectivity index (χ1v) is 12.0. The Kier molecular flexibility index (Phi) is 8.12. The molecule has 4 rings (SSSR count). The molecule has 9 nitrogen and oxygen atoms in total. The molecule has 0 atom stereocenters. The number of nitrogens with zero attached hydrogens (tertiary/aromatic N) is 4. The highest BCUT2D eigenvalue weighted by molar-refractivity contribution is 6.32. The molecule has 0 aliphatic carbocycles. The Balaban J connectivity index is 1.35. The molecular weight excluding hydrogens is 482 g/mol. The van der Waals surface area contributed by atoms with Crippen LogP contribution in [-0.2, 0) is 13.3 Å². The smallest absolute Gasteiger partial charge is 0.276 e. The molecule has 0 aliphatic rings. The number of aryl methyl sites for hydroxylation is 1. The maximum atomic E-state index is 12.7. The number of nitrogens with one attached hydrogen (secondary N) is 1. The molecule has 10 heteroatoms. The van der Waals surface area contributed by atoms with Crippen molar-refractivity contribution in [3.05, 3.63) is 82.9 Å². The number of hydrogen-bond acceptors (Lipinski definition) is 6. The van der Waals surface area contributed by atoms with Crippen molar-refractivity contribution in [3.8, 4) is 17.2 Å². The Morgan fingerprint density at radius 3 is 2.58 bits per heavy atom. The first kappa shape index (κ1) is 25.1. The third kappa shape index (κ3) is 6.37. The average Bonchev–Trinajstić information content (AvgIpc) is 3.51. The van der Waals surface area contributed by atoms with Gasteiger partial charge < -0.3 is 19.5 Å². The zero-order valence-electron chi connectivity index (χ0n) is 20.4. The van der Waals surface area contributed by atoms with Crippen molar-refractivity contribution in [1.29, 1.82) is 0 Å². The van der Waals surface area contributed by atoms with Crippen molar-refractivity contribution in [2.75, 3.05) is 18.5 Å². The molecule has 0 saturated heterocycles. The molecule has 2 heterocycles. The summed E-state index contributed by atoms with van der Waals surface area (Å²) in [4.78, 5) is 12.7. The van der Waals surface area contributed by atoms with Gasteiger partial charge in [-0.15, -0.1) is 0 Å². The van der Waals surface area contributed by atoms with E-state index in [1.54, 1.807) is 35.4 Å². The van der Waals surface area contributed by atoms with E-state index in [4.69, 9.17) is 25.8 Å². The van der Waals surface area contributed by atoms with Crippen molar-refractivity contribution in [1.82, 2.24) is 19.6 Å². The number of benzene rings is 2. The molecule has 0 aliphatic heterocycles. The summed E-state index contributed by atoms with van der Waals surface area (Å²) in [6, 6.07) is 13.0. The molecule has 2 aromatic heterocycles. The molecular formula is C26H28ClN5O4. The highest BCUT2D eigenvalue weighted by atomic mass is 35.5. The molecule has 188 valence electrons. The minimum atomic E-state index is -0.346. The zero-order chi connectivity index (χ0) is 25.5. The van der Waals surface area contributed by atoms with Gasteiger partial charge in [0.2, 0.25) is 0 Å². The Morgan fingerprint density at radius 1 is 0.972 bits per heavy atom. The highest BCUT2D eigenvalue weighted by Crippen LogP contribution is 2.29. The number of aromatic nitrogens is 4. The summed E-state index contributed by atoms with van der Waals surface area (Å²) >= 11 is 6.16. The SMILES string of the molecule is CCOc1ccc(Cn2cc(NC(=O)c3ccn(COc4cc(C)ccc4Cl)n3)cn2)cc1OCC. The van der Waals surface area contributed by atoms with Gasteiger partial charge in [-0.25, -0.2) is 4.68 Å². The van der Waals surface area contributed by atoms with Crippen LogP contribution in [0.4, 0.5) is 5.69 Å². The van der Waals surface area contributed by atoms with Crippen molar-refractivity contribution >= 4 is 23.2 Å². The quantitative estimate of drug-likeness (QED) is 0.299. The van der Waals surface area contributed by atoms with E-state index in [-0.39, 0.29) is 18.3 Å². The third-order valence-corrected chi connectivity index (χ3v) is 5.47. The summed E-state index contributed by atoms with van der Waals surface area (Å²) in [5.41, 5.74) is 2.85. The van der Waals surface area contributed by atoms with Crippen molar-refractivity contribution in [2.45, 2.75) is 34.0 Å². The summed E-state index contributed by atoms with van der Waals surface area (Å²) in [6.45, 7) is 7.56. The van der Waals surface area contributed by atoms with Gasteiger partial charge in [-0.1, -0.05) is 23.7 Å². The third-order valence-electron chi connectivity index (χ3n) is 5.16. The second kappa shape index (κ2) is 11.6. The maximum absolute atomic E-state index is 12.7. The molecule has 2 aromatic carbocycles. The molecule has 1 N–H and O–H groups in total. The van der Waals surface area contributed by atoms with Gasteiger partial charge in [0, 0.05) is 12.4 Å². The minimum Gasteiger partial charge on any atom is -0.490 e. The molecule has 0 bridgehead atoms. The standard InChI is InChI=1S/C26H28ClN5O4/c1-4-34-23-9-7-19(13-25(23)35-5-2)15-32-16-20(14-28-32)29-26(33)22-10-11-31(30-22)17-36-24-12-18(3)6-8-21(24)27/h6-14,16H,4-5,15,17H2,1-3H3,(H,29,33). The summed E-state index contributed by atoms with van der Waals surface area (Å²) in [7, 11) is 0.